The third kappa shape index (κ3) is 2.27. The highest BCUT2D eigenvalue weighted by Gasteiger charge is 2.06. The topological polar surface area (TPSA) is 55.6 Å². The summed E-state index contributed by atoms with van der Waals surface area (Å²) < 4.78 is 3.79. The quantitative estimate of drug-likeness (QED) is 0.790. The van der Waals surface area contributed by atoms with Crippen molar-refractivity contribution in [3.05, 3.63) is 52.2 Å². The van der Waals surface area contributed by atoms with Crippen LogP contribution in [-0.4, -0.2) is 19.3 Å². The summed E-state index contributed by atoms with van der Waals surface area (Å²) in [7, 11) is 0. The Morgan fingerprint density at radius 3 is 2.75 bits per heavy atom. The van der Waals surface area contributed by atoms with Crippen molar-refractivity contribution in [2.45, 2.75) is 33.4 Å². The number of benzene rings is 1. The number of H-pyrrole nitrogens is 1. The van der Waals surface area contributed by atoms with E-state index in [4.69, 9.17) is 0 Å². The van der Waals surface area contributed by atoms with Gasteiger partial charge in [0.1, 0.15) is 0 Å². The van der Waals surface area contributed by atoms with Crippen molar-refractivity contribution < 1.29 is 0 Å². The Kier molecular flexibility index (Phi) is 3.18. The lowest BCUT2D eigenvalue weighted by molar-refractivity contribution is 0.516. The second-order valence-corrected chi connectivity index (χ2v) is 5.10. The summed E-state index contributed by atoms with van der Waals surface area (Å²) in [5.74, 6) is 0. The van der Waals surface area contributed by atoms with Gasteiger partial charge in [0.25, 0.3) is 0 Å². The molecule has 3 aromatic rings. The van der Waals surface area contributed by atoms with Gasteiger partial charge in [0.15, 0.2) is 0 Å². The maximum atomic E-state index is 11.9. The van der Waals surface area contributed by atoms with Crippen molar-refractivity contribution >= 4 is 11.0 Å². The first-order chi connectivity index (χ1) is 9.65. The van der Waals surface area contributed by atoms with Gasteiger partial charge in [-0.1, -0.05) is 12.1 Å². The summed E-state index contributed by atoms with van der Waals surface area (Å²) in [5.41, 5.74) is 4.01. The van der Waals surface area contributed by atoms with Crippen LogP contribution in [0.1, 0.15) is 17.8 Å². The molecule has 2 aromatic heterocycles. The first-order valence-electron chi connectivity index (χ1n) is 6.84. The SMILES string of the molecule is Cc1cc(C)n(CCCn2c(=O)[nH]c3ccccc32)n1. The zero-order chi connectivity index (χ0) is 14.1. The van der Waals surface area contributed by atoms with Gasteiger partial charge in [-0.25, -0.2) is 4.79 Å². The summed E-state index contributed by atoms with van der Waals surface area (Å²) in [6.07, 6.45) is 0.879. The predicted octanol–water partition coefficient (Wildman–Crippen LogP) is 2.23. The van der Waals surface area contributed by atoms with Crippen molar-refractivity contribution in [2.24, 2.45) is 0 Å². The van der Waals surface area contributed by atoms with Crippen LogP contribution in [0, 0.1) is 13.8 Å². The Morgan fingerprint density at radius 1 is 1.20 bits per heavy atom. The van der Waals surface area contributed by atoms with E-state index in [1.54, 1.807) is 4.57 Å². The Hall–Kier alpha value is -2.30. The molecule has 0 aliphatic heterocycles. The molecule has 2 heterocycles. The van der Waals surface area contributed by atoms with Gasteiger partial charge in [0.2, 0.25) is 0 Å². The molecule has 0 atom stereocenters. The van der Waals surface area contributed by atoms with Crippen molar-refractivity contribution in [3.8, 4) is 0 Å². The van der Waals surface area contributed by atoms with Gasteiger partial charge in [-0.3, -0.25) is 9.25 Å². The number of imidazole rings is 1. The molecule has 1 N–H and O–H groups in total. The maximum absolute atomic E-state index is 11.9. The van der Waals surface area contributed by atoms with Gasteiger partial charge < -0.3 is 4.98 Å². The van der Waals surface area contributed by atoms with E-state index in [-0.39, 0.29) is 5.69 Å². The summed E-state index contributed by atoms with van der Waals surface area (Å²) in [4.78, 5) is 14.8. The van der Waals surface area contributed by atoms with Crippen LogP contribution < -0.4 is 5.69 Å². The number of aromatic amines is 1. The number of rotatable bonds is 4. The second kappa shape index (κ2) is 5.00. The number of para-hydroxylation sites is 2. The zero-order valence-corrected chi connectivity index (χ0v) is 11.8. The second-order valence-electron chi connectivity index (χ2n) is 5.10. The molecule has 1 aromatic carbocycles. The van der Waals surface area contributed by atoms with Crippen molar-refractivity contribution in [3.63, 3.8) is 0 Å². The van der Waals surface area contributed by atoms with E-state index in [2.05, 4.69) is 23.1 Å². The third-order valence-corrected chi connectivity index (χ3v) is 3.54. The Morgan fingerprint density at radius 2 is 2.00 bits per heavy atom. The smallest absolute Gasteiger partial charge is 0.306 e. The molecule has 104 valence electrons. The zero-order valence-electron chi connectivity index (χ0n) is 11.8. The molecule has 20 heavy (non-hydrogen) atoms. The first-order valence-corrected chi connectivity index (χ1v) is 6.84. The van der Waals surface area contributed by atoms with Crippen LogP contribution in [-0.2, 0) is 13.1 Å². The normalized spacial score (nSPS) is 11.3. The van der Waals surface area contributed by atoms with Crippen LogP contribution in [0.25, 0.3) is 11.0 Å². The number of hydrogen-bond donors (Lipinski definition) is 1. The van der Waals surface area contributed by atoms with E-state index in [9.17, 15) is 4.79 Å². The van der Waals surface area contributed by atoms with E-state index in [1.165, 1.54) is 0 Å². The molecular weight excluding hydrogens is 252 g/mol. The molecule has 3 rings (SSSR count). The average Bonchev–Trinajstić information content (AvgIpc) is 2.90. The van der Waals surface area contributed by atoms with Gasteiger partial charge in [-0.05, 0) is 38.5 Å². The van der Waals surface area contributed by atoms with Crippen molar-refractivity contribution in [2.75, 3.05) is 0 Å². The number of nitrogens with one attached hydrogen (secondary N) is 1. The summed E-state index contributed by atoms with van der Waals surface area (Å²) in [6, 6.07) is 9.84. The van der Waals surface area contributed by atoms with Crippen LogP contribution >= 0.6 is 0 Å². The fourth-order valence-corrected chi connectivity index (χ4v) is 2.61. The summed E-state index contributed by atoms with van der Waals surface area (Å²) in [6.45, 7) is 5.57. The molecule has 0 fully saturated rings. The third-order valence-electron chi connectivity index (χ3n) is 3.54. The Labute approximate surface area is 116 Å². The minimum absolute atomic E-state index is 0.0421. The lowest BCUT2D eigenvalue weighted by atomic mass is 10.3. The predicted molar refractivity (Wildman–Crippen MR) is 78.9 cm³/mol. The average molecular weight is 270 g/mol. The largest absolute Gasteiger partial charge is 0.326 e. The minimum Gasteiger partial charge on any atom is -0.306 e. The minimum atomic E-state index is -0.0421. The molecule has 5 heteroatoms. The molecule has 0 radical (unpaired) electrons. The number of hydrogen-bond acceptors (Lipinski definition) is 2. The fourth-order valence-electron chi connectivity index (χ4n) is 2.61. The number of fused-ring (bicyclic) bond motifs is 1. The van der Waals surface area contributed by atoms with Crippen molar-refractivity contribution in [1.29, 1.82) is 0 Å². The lowest BCUT2D eigenvalue weighted by Crippen LogP contribution is -2.18. The van der Waals surface area contributed by atoms with Gasteiger partial charge in [-0.2, -0.15) is 5.10 Å². The Bertz CT molecular complexity index is 794. The molecule has 0 bridgehead atoms. The molecular formula is C15H18N4O. The van der Waals surface area contributed by atoms with Crippen LogP contribution in [0.3, 0.4) is 0 Å². The van der Waals surface area contributed by atoms with Gasteiger partial charge in [-0.15, -0.1) is 0 Å². The molecule has 0 unspecified atom stereocenters. The lowest BCUT2D eigenvalue weighted by Gasteiger charge is -2.05. The van der Waals surface area contributed by atoms with E-state index in [1.807, 2.05) is 35.9 Å². The molecule has 0 aliphatic carbocycles. The van der Waals surface area contributed by atoms with Gasteiger partial charge in [0, 0.05) is 18.8 Å². The molecule has 0 saturated carbocycles. The highest BCUT2D eigenvalue weighted by molar-refractivity contribution is 5.74. The summed E-state index contributed by atoms with van der Waals surface area (Å²) >= 11 is 0. The van der Waals surface area contributed by atoms with Gasteiger partial charge in [0.05, 0.1) is 16.7 Å². The fraction of sp³-hybridized carbons (Fsp3) is 0.333. The van der Waals surface area contributed by atoms with Gasteiger partial charge >= 0.3 is 5.69 Å². The van der Waals surface area contributed by atoms with Crippen LogP contribution in [0.5, 0.6) is 0 Å². The van der Waals surface area contributed by atoms with Crippen LogP contribution in [0.2, 0.25) is 0 Å². The maximum Gasteiger partial charge on any atom is 0.326 e. The van der Waals surface area contributed by atoms with E-state index in [0.29, 0.717) is 6.54 Å². The molecule has 0 saturated heterocycles. The Balaban J connectivity index is 1.76. The number of aromatic nitrogens is 4. The van der Waals surface area contributed by atoms with E-state index < -0.39 is 0 Å². The number of nitrogens with zero attached hydrogens (tertiary/aromatic N) is 3. The molecule has 5 nitrogen and oxygen atoms in total. The van der Waals surface area contributed by atoms with Crippen molar-refractivity contribution in [1.82, 2.24) is 19.3 Å². The summed E-state index contributed by atoms with van der Waals surface area (Å²) in [5, 5.41) is 4.44. The van der Waals surface area contributed by atoms with E-state index in [0.717, 1.165) is 35.4 Å². The standard InChI is InChI=1S/C15H18N4O/c1-11-10-12(2)19(17-11)9-5-8-18-14-7-4-3-6-13(14)16-15(18)20/h3-4,6-7,10H,5,8-9H2,1-2H3,(H,16,20). The van der Waals surface area contributed by atoms with Crippen LogP contribution in [0.4, 0.5) is 0 Å². The molecule has 0 spiro atoms. The molecule has 0 aliphatic rings. The molecule has 0 amide bonds. The number of aryl methyl sites for hydroxylation is 4. The monoisotopic (exact) mass is 270 g/mol. The van der Waals surface area contributed by atoms with Crippen LogP contribution in [0.15, 0.2) is 35.1 Å². The van der Waals surface area contributed by atoms with E-state index >= 15 is 0 Å². The first kappa shape index (κ1) is 12.7. The highest BCUT2D eigenvalue weighted by atomic mass is 16.1. The highest BCUT2D eigenvalue weighted by Crippen LogP contribution is 2.10.